The molecule has 0 aliphatic carbocycles. The number of nitrogens with one attached hydrogen (secondary N) is 2. The second-order valence-corrected chi connectivity index (χ2v) is 7.19. The average molecular weight is 356 g/mol. The van der Waals surface area contributed by atoms with E-state index in [-0.39, 0.29) is 5.91 Å². The Bertz CT molecular complexity index is 654. The summed E-state index contributed by atoms with van der Waals surface area (Å²) in [6, 6.07) is 18.3. The Hall–Kier alpha value is -1.82. The number of piperazine rings is 1. The van der Waals surface area contributed by atoms with Gasteiger partial charge in [0.1, 0.15) is 0 Å². The molecular weight excluding hydrogens is 330 g/mol. The second kappa shape index (κ2) is 9.61. The molecule has 0 aromatic heterocycles. The Morgan fingerprint density at radius 3 is 2.48 bits per heavy atom. The molecule has 2 aromatic rings. The molecule has 1 amide bonds. The van der Waals surface area contributed by atoms with Crippen LogP contribution in [0.1, 0.15) is 15.9 Å². The highest BCUT2D eigenvalue weighted by atomic mass is 32.2. The molecule has 4 nitrogen and oxygen atoms in total. The third-order valence-corrected chi connectivity index (χ3v) is 5.37. The lowest BCUT2D eigenvalue weighted by atomic mass is 10.1. The lowest BCUT2D eigenvalue weighted by Gasteiger charge is -2.27. The average Bonchev–Trinajstić information content (AvgIpc) is 2.68. The van der Waals surface area contributed by atoms with Gasteiger partial charge in [-0.05, 0) is 29.8 Å². The number of amides is 1. The molecule has 1 fully saturated rings. The quantitative estimate of drug-likeness (QED) is 0.750. The first-order valence-electron chi connectivity index (χ1n) is 8.79. The Labute approximate surface area is 154 Å². The van der Waals surface area contributed by atoms with Crippen molar-refractivity contribution in [1.29, 1.82) is 0 Å². The Morgan fingerprint density at radius 1 is 1.04 bits per heavy atom. The number of hydrogen-bond donors (Lipinski definition) is 2. The predicted molar refractivity (Wildman–Crippen MR) is 104 cm³/mol. The molecule has 132 valence electrons. The molecule has 0 unspecified atom stereocenters. The van der Waals surface area contributed by atoms with Crippen molar-refractivity contribution in [3.63, 3.8) is 0 Å². The van der Waals surface area contributed by atoms with Gasteiger partial charge in [-0.2, -0.15) is 0 Å². The van der Waals surface area contributed by atoms with Gasteiger partial charge in [-0.3, -0.25) is 9.69 Å². The highest BCUT2D eigenvalue weighted by Gasteiger charge is 2.10. The predicted octanol–water partition coefficient (Wildman–Crippen LogP) is 2.61. The summed E-state index contributed by atoms with van der Waals surface area (Å²) in [5.74, 6) is 0.923. The highest BCUT2D eigenvalue weighted by Crippen LogP contribution is 2.22. The zero-order valence-electron chi connectivity index (χ0n) is 14.4. The zero-order chi connectivity index (χ0) is 17.3. The molecule has 1 aliphatic heterocycles. The Morgan fingerprint density at radius 2 is 1.76 bits per heavy atom. The molecule has 0 radical (unpaired) electrons. The van der Waals surface area contributed by atoms with Crippen molar-refractivity contribution in [1.82, 2.24) is 15.5 Å². The van der Waals surface area contributed by atoms with Crippen LogP contribution in [0.4, 0.5) is 0 Å². The standard InChI is InChI=1S/C20H25N3OS/c24-20(22-12-15-23-13-10-21-11-14-23)18-8-6-17(7-9-18)16-25-19-4-2-1-3-5-19/h1-9,21H,10-16H2,(H,22,24). The first-order valence-corrected chi connectivity index (χ1v) is 9.78. The molecule has 5 heteroatoms. The van der Waals surface area contributed by atoms with Crippen LogP contribution >= 0.6 is 11.8 Å². The van der Waals surface area contributed by atoms with Crippen LogP contribution in [0.2, 0.25) is 0 Å². The van der Waals surface area contributed by atoms with Crippen molar-refractivity contribution >= 4 is 17.7 Å². The van der Waals surface area contributed by atoms with Crippen LogP contribution in [0.3, 0.4) is 0 Å². The van der Waals surface area contributed by atoms with Crippen LogP contribution in [-0.4, -0.2) is 50.1 Å². The number of nitrogens with zero attached hydrogens (tertiary/aromatic N) is 1. The van der Waals surface area contributed by atoms with Crippen molar-refractivity contribution in [3.05, 3.63) is 65.7 Å². The molecule has 0 atom stereocenters. The lowest BCUT2D eigenvalue weighted by molar-refractivity contribution is 0.0947. The van der Waals surface area contributed by atoms with Gasteiger partial charge in [-0.15, -0.1) is 11.8 Å². The molecule has 3 rings (SSSR count). The molecule has 25 heavy (non-hydrogen) atoms. The first-order chi connectivity index (χ1) is 12.3. The van der Waals surface area contributed by atoms with E-state index in [1.807, 2.05) is 30.3 Å². The number of carbonyl (C=O) groups is 1. The molecular formula is C20H25N3OS. The van der Waals surface area contributed by atoms with Gasteiger partial charge in [0.25, 0.3) is 5.91 Å². The Kier molecular flexibility index (Phi) is 6.91. The van der Waals surface area contributed by atoms with Crippen LogP contribution in [0.15, 0.2) is 59.5 Å². The molecule has 0 bridgehead atoms. The molecule has 2 N–H and O–H groups in total. The van der Waals surface area contributed by atoms with Crippen LogP contribution in [0.5, 0.6) is 0 Å². The van der Waals surface area contributed by atoms with E-state index in [0.29, 0.717) is 6.54 Å². The first kappa shape index (κ1) is 18.0. The molecule has 1 aliphatic rings. The summed E-state index contributed by atoms with van der Waals surface area (Å²) >= 11 is 1.81. The van der Waals surface area contributed by atoms with E-state index < -0.39 is 0 Å². The van der Waals surface area contributed by atoms with Gasteiger partial charge in [0.15, 0.2) is 0 Å². The summed E-state index contributed by atoms with van der Waals surface area (Å²) in [6.07, 6.45) is 0. The van der Waals surface area contributed by atoms with Crippen LogP contribution in [0, 0.1) is 0 Å². The minimum absolute atomic E-state index is 0.0115. The van der Waals surface area contributed by atoms with Crippen LogP contribution in [0.25, 0.3) is 0 Å². The van der Waals surface area contributed by atoms with E-state index in [2.05, 4.69) is 39.8 Å². The maximum atomic E-state index is 12.2. The zero-order valence-corrected chi connectivity index (χ0v) is 15.2. The lowest BCUT2D eigenvalue weighted by Crippen LogP contribution is -2.46. The fraction of sp³-hybridized carbons (Fsp3) is 0.350. The van der Waals surface area contributed by atoms with Gasteiger partial charge in [0.2, 0.25) is 0 Å². The number of rotatable bonds is 7. The van der Waals surface area contributed by atoms with E-state index in [0.717, 1.165) is 44.0 Å². The van der Waals surface area contributed by atoms with Crippen molar-refractivity contribution in [3.8, 4) is 0 Å². The van der Waals surface area contributed by atoms with Gasteiger partial charge in [0, 0.05) is 55.5 Å². The third kappa shape index (κ3) is 5.88. The van der Waals surface area contributed by atoms with Crippen molar-refractivity contribution in [2.75, 3.05) is 39.3 Å². The van der Waals surface area contributed by atoms with E-state index in [1.165, 1.54) is 10.5 Å². The van der Waals surface area contributed by atoms with Crippen molar-refractivity contribution in [2.45, 2.75) is 10.6 Å². The molecule has 2 aromatic carbocycles. The van der Waals surface area contributed by atoms with Crippen molar-refractivity contribution < 1.29 is 4.79 Å². The van der Waals surface area contributed by atoms with Crippen LogP contribution in [-0.2, 0) is 5.75 Å². The molecule has 0 spiro atoms. The SMILES string of the molecule is O=C(NCCN1CCNCC1)c1ccc(CSc2ccccc2)cc1. The van der Waals surface area contributed by atoms with Gasteiger partial charge >= 0.3 is 0 Å². The summed E-state index contributed by atoms with van der Waals surface area (Å²) < 4.78 is 0. The number of carbonyl (C=O) groups excluding carboxylic acids is 1. The largest absolute Gasteiger partial charge is 0.351 e. The fourth-order valence-electron chi connectivity index (χ4n) is 2.80. The monoisotopic (exact) mass is 355 g/mol. The number of thioether (sulfide) groups is 1. The van der Waals surface area contributed by atoms with Gasteiger partial charge in [-0.1, -0.05) is 30.3 Å². The Balaban J connectivity index is 1.42. The van der Waals surface area contributed by atoms with E-state index in [1.54, 1.807) is 11.8 Å². The van der Waals surface area contributed by atoms with Gasteiger partial charge in [-0.25, -0.2) is 0 Å². The minimum Gasteiger partial charge on any atom is -0.351 e. The maximum Gasteiger partial charge on any atom is 0.251 e. The molecule has 1 heterocycles. The second-order valence-electron chi connectivity index (χ2n) is 6.15. The van der Waals surface area contributed by atoms with E-state index in [9.17, 15) is 4.79 Å². The normalized spacial score (nSPS) is 15.0. The van der Waals surface area contributed by atoms with Crippen molar-refractivity contribution in [2.24, 2.45) is 0 Å². The molecule has 1 saturated heterocycles. The van der Waals surface area contributed by atoms with E-state index >= 15 is 0 Å². The van der Waals surface area contributed by atoms with E-state index in [4.69, 9.17) is 0 Å². The summed E-state index contributed by atoms with van der Waals surface area (Å²) in [5, 5.41) is 6.35. The van der Waals surface area contributed by atoms with Crippen LogP contribution < -0.4 is 10.6 Å². The number of hydrogen-bond acceptors (Lipinski definition) is 4. The third-order valence-electron chi connectivity index (χ3n) is 4.29. The fourth-order valence-corrected chi connectivity index (χ4v) is 3.68. The molecule has 0 saturated carbocycles. The maximum absolute atomic E-state index is 12.2. The summed E-state index contributed by atoms with van der Waals surface area (Å²) in [4.78, 5) is 15.9. The minimum atomic E-state index is 0.0115. The summed E-state index contributed by atoms with van der Waals surface area (Å²) in [5.41, 5.74) is 1.96. The summed E-state index contributed by atoms with van der Waals surface area (Å²) in [6.45, 7) is 5.81. The van der Waals surface area contributed by atoms with Gasteiger partial charge in [0.05, 0.1) is 0 Å². The smallest absolute Gasteiger partial charge is 0.251 e. The topological polar surface area (TPSA) is 44.4 Å². The van der Waals surface area contributed by atoms with Gasteiger partial charge < -0.3 is 10.6 Å². The number of benzene rings is 2. The summed E-state index contributed by atoms with van der Waals surface area (Å²) in [7, 11) is 0. The highest BCUT2D eigenvalue weighted by molar-refractivity contribution is 7.98.